The van der Waals surface area contributed by atoms with Gasteiger partial charge in [0.1, 0.15) is 5.82 Å². The van der Waals surface area contributed by atoms with Gasteiger partial charge < -0.3 is 5.11 Å². The summed E-state index contributed by atoms with van der Waals surface area (Å²) in [5.41, 5.74) is 3.52. The van der Waals surface area contributed by atoms with Crippen LogP contribution in [-0.2, 0) is 13.0 Å². The van der Waals surface area contributed by atoms with Crippen LogP contribution in [0.3, 0.4) is 0 Å². The van der Waals surface area contributed by atoms with Gasteiger partial charge in [0, 0.05) is 30.3 Å². The molecule has 1 N–H and O–H groups in total. The van der Waals surface area contributed by atoms with Crippen molar-refractivity contribution in [3.63, 3.8) is 0 Å². The van der Waals surface area contributed by atoms with E-state index in [1.807, 2.05) is 59.3 Å². The number of carboxylic acids is 1. The van der Waals surface area contributed by atoms with Crippen molar-refractivity contribution >= 4 is 5.97 Å². The van der Waals surface area contributed by atoms with Crippen molar-refractivity contribution in [3.05, 3.63) is 89.9 Å². The van der Waals surface area contributed by atoms with E-state index >= 15 is 0 Å². The zero-order valence-corrected chi connectivity index (χ0v) is 16.7. The number of aromatic nitrogens is 4. The monoisotopic (exact) mass is 398 g/mol. The Morgan fingerprint density at radius 1 is 0.967 bits per heavy atom. The number of hydrogen-bond donors (Lipinski definition) is 1. The second-order valence-corrected chi connectivity index (χ2v) is 7.02. The van der Waals surface area contributed by atoms with Gasteiger partial charge in [-0.1, -0.05) is 61.5 Å². The normalized spacial score (nSPS) is 10.8. The number of carbonyl (C=O) groups is 1. The number of rotatable bonds is 7. The third-order valence-corrected chi connectivity index (χ3v) is 4.84. The van der Waals surface area contributed by atoms with Crippen molar-refractivity contribution in [2.75, 3.05) is 0 Å². The molecule has 0 atom stereocenters. The summed E-state index contributed by atoms with van der Waals surface area (Å²) in [7, 11) is 0. The Kier molecular flexibility index (Phi) is 5.66. The summed E-state index contributed by atoms with van der Waals surface area (Å²) in [4.78, 5) is 20.5. The molecule has 30 heavy (non-hydrogen) atoms. The van der Waals surface area contributed by atoms with E-state index in [4.69, 9.17) is 10.1 Å². The van der Waals surface area contributed by atoms with E-state index in [-0.39, 0.29) is 5.56 Å². The van der Waals surface area contributed by atoms with Crippen LogP contribution in [0.25, 0.3) is 22.6 Å². The van der Waals surface area contributed by atoms with Crippen molar-refractivity contribution in [2.45, 2.75) is 26.3 Å². The van der Waals surface area contributed by atoms with Crippen molar-refractivity contribution in [1.82, 2.24) is 19.7 Å². The molecule has 0 aliphatic carbocycles. The number of pyridine rings is 1. The lowest BCUT2D eigenvalue weighted by molar-refractivity contribution is 0.0697. The molecule has 0 spiro atoms. The van der Waals surface area contributed by atoms with Crippen LogP contribution in [0.1, 0.15) is 35.1 Å². The van der Waals surface area contributed by atoms with Gasteiger partial charge in [-0.15, -0.1) is 0 Å². The molecule has 0 bridgehead atoms. The topological polar surface area (TPSA) is 80.9 Å². The molecule has 2 heterocycles. The zero-order valence-electron chi connectivity index (χ0n) is 16.7. The van der Waals surface area contributed by atoms with E-state index in [2.05, 4.69) is 11.9 Å². The Morgan fingerprint density at radius 3 is 2.43 bits per heavy atom. The maximum absolute atomic E-state index is 11.5. The van der Waals surface area contributed by atoms with Crippen LogP contribution in [-0.4, -0.2) is 30.8 Å². The van der Waals surface area contributed by atoms with Gasteiger partial charge in [-0.3, -0.25) is 4.98 Å². The SMILES string of the molecule is CCCn1nc(-c2ccccc2)nc1Cc1ccc(-c2ncccc2C(=O)O)cc1. The molecule has 6 nitrogen and oxygen atoms in total. The molecule has 0 unspecified atom stereocenters. The number of hydrogen-bond acceptors (Lipinski definition) is 4. The molecule has 0 radical (unpaired) electrons. The molecule has 4 aromatic rings. The Labute approximate surface area is 174 Å². The molecule has 0 aliphatic rings. The van der Waals surface area contributed by atoms with E-state index in [9.17, 15) is 9.90 Å². The van der Waals surface area contributed by atoms with Crippen LogP contribution < -0.4 is 0 Å². The lowest BCUT2D eigenvalue weighted by Gasteiger charge is -2.07. The molecule has 0 saturated heterocycles. The average molecular weight is 398 g/mol. The first-order valence-corrected chi connectivity index (χ1v) is 9.92. The minimum absolute atomic E-state index is 0.195. The summed E-state index contributed by atoms with van der Waals surface area (Å²) in [6.45, 7) is 2.93. The quantitative estimate of drug-likeness (QED) is 0.488. The van der Waals surface area contributed by atoms with Crippen LogP contribution in [0.2, 0.25) is 0 Å². The third-order valence-electron chi connectivity index (χ3n) is 4.84. The van der Waals surface area contributed by atoms with E-state index in [1.165, 1.54) is 0 Å². The van der Waals surface area contributed by atoms with Gasteiger partial charge in [-0.25, -0.2) is 14.5 Å². The maximum Gasteiger partial charge on any atom is 0.337 e. The average Bonchev–Trinajstić information content (AvgIpc) is 3.17. The number of carboxylic acid groups (broad SMARTS) is 1. The fourth-order valence-corrected chi connectivity index (χ4v) is 3.38. The first kappa shape index (κ1) is 19.5. The van der Waals surface area contributed by atoms with Crippen LogP contribution >= 0.6 is 0 Å². The van der Waals surface area contributed by atoms with Crippen LogP contribution in [0.5, 0.6) is 0 Å². The van der Waals surface area contributed by atoms with Crippen LogP contribution in [0.4, 0.5) is 0 Å². The van der Waals surface area contributed by atoms with Gasteiger partial charge in [0.25, 0.3) is 0 Å². The van der Waals surface area contributed by atoms with E-state index in [1.54, 1.807) is 18.3 Å². The van der Waals surface area contributed by atoms with Gasteiger partial charge in [0.15, 0.2) is 5.82 Å². The van der Waals surface area contributed by atoms with Crippen LogP contribution in [0, 0.1) is 0 Å². The fraction of sp³-hybridized carbons (Fsp3) is 0.167. The molecule has 2 aromatic heterocycles. The molecule has 0 amide bonds. The minimum atomic E-state index is -0.983. The highest BCUT2D eigenvalue weighted by Crippen LogP contribution is 2.23. The van der Waals surface area contributed by atoms with Gasteiger partial charge in [-0.2, -0.15) is 5.10 Å². The molecular weight excluding hydrogens is 376 g/mol. The summed E-state index contributed by atoms with van der Waals surface area (Å²) in [5, 5.41) is 14.1. The molecular formula is C24H22N4O2. The van der Waals surface area contributed by atoms with E-state index in [0.29, 0.717) is 12.1 Å². The predicted molar refractivity (Wildman–Crippen MR) is 115 cm³/mol. The number of aryl methyl sites for hydroxylation is 1. The highest BCUT2D eigenvalue weighted by Gasteiger charge is 2.14. The third kappa shape index (κ3) is 4.12. The van der Waals surface area contributed by atoms with Gasteiger partial charge in [0.2, 0.25) is 0 Å². The summed E-state index contributed by atoms with van der Waals surface area (Å²) in [6, 6.07) is 21.0. The van der Waals surface area contributed by atoms with Gasteiger partial charge in [-0.05, 0) is 24.1 Å². The summed E-state index contributed by atoms with van der Waals surface area (Å²) in [5.74, 6) is 0.658. The Balaban J connectivity index is 1.61. The highest BCUT2D eigenvalue weighted by atomic mass is 16.4. The second-order valence-electron chi connectivity index (χ2n) is 7.02. The molecule has 0 aliphatic heterocycles. The number of benzene rings is 2. The Hall–Kier alpha value is -3.80. The molecule has 6 heteroatoms. The summed E-state index contributed by atoms with van der Waals surface area (Å²) < 4.78 is 1.97. The van der Waals surface area contributed by atoms with Crippen LogP contribution in [0.15, 0.2) is 72.9 Å². The number of aromatic carboxylic acids is 1. The standard InChI is InChI=1S/C24H22N4O2/c1-2-15-28-21(26-23(27-28)19-7-4-3-5-8-19)16-17-10-12-18(13-11-17)22-20(24(29)30)9-6-14-25-22/h3-14H,2,15-16H2,1H3,(H,29,30). The second kappa shape index (κ2) is 8.69. The summed E-state index contributed by atoms with van der Waals surface area (Å²) in [6.07, 6.45) is 3.23. The van der Waals surface area contributed by atoms with Crippen molar-refractivity contribution in [1.29, 1.82) is 0 Å². The summed E-state index contributed by atoms with van der Waals surface area (Å²) >= 11 is 0. The van der Waals surface area contributed by atoms with Crippen molar-refractivity contribution < 1.29 is 9.90 Å². The van der Waals surface area contributed by atoms with E-state index in [0.717, 1.165) is 41.3 Å². The lowest BCUT2D eigenvalue weighted by Crippen LogP contribution is -2.06. The molecule has 2 aromatic carbocycles. The maximum atomic E-state index is 11.5. The van der Waals surface area contributed by atoms with Gasteiger partial charge >= 0.3 is 5.97 Å². The molecule has 0 fully saturated rings. The van der Waals surface area contributed by atoms with Crippen molar-refractivity contribution in [2.24, 2.45) is 0 Å². The number of nitrogens with zero attached hydrogens (tertiary/aromatic N) is 4. The smallest absolute Gasteiger partial charge is 0.337 e. The molecule has 0 saturated carbocycles. The van der Waals surface area contributed by atoms with E-state index < -0.39 is 5.97 Å². The largest absolute Gasteiger partial charge is 0.478 e. The van der Waals surface area contributed by atoms with Gasteiger partial charge in [0.05, 0.1) is 11.3 Å². The first-order valence-electron chi connectivity index (χ1n) is 9.92. The fourth-order valence-electron chi connectivity index (χ4n) is 3.38. The molecule has 150 valence electrons. The lowest BCUT2D eigenvalue weighted by atomic mass is 10.0. The Morgan fingerprint density at radius 2 is 1.73 bits per heavy atom. The highest BCUT2D eigenvalue weighted by molar-refractivity contribution is 5.94. The first-order chi connectivity index (χ1) is 14.7. The zero-order chi connectivity index (χ0) is 20.9. The molecule has 4 rings (SSSR count). The predicted octanol–water partition coefficient (Wildman–Crippen LogP) is 4.71. The van der Waals surface area contributed by atoms with Crippen molar-refractivity contribution in [3.8, 4) is 22.6 Å². The Bertz CT molecular complexity index is 1150. The minimum Gasteiger partial charge on any atom is -0.478 e.